The third-order valence-corrected chi connectivity index (χ3v) is 5.88. The number of nitrogens with zero attached hydrogens (tertiary/aromatic N) is 5. The van der Waals surface area contributed by atoms with Crippen molar-refractivity contribution >= 4 is 28.4 Å². The molecule has 3 heterocycles. The Hall–Kier alpha value is -3.13. The molecule has 0 radical (unpaired) electrons. The quantitative estimate of drug-likeness (QED) is 0.698. The molecule has 8 heteroatoms. The molecule has 1 saturated heterocycles. The molecule has 1 N–H and O–H groups in total. The average molecular weight is 406 g/mol. The Balaban J connectivity index is 1.44. The minimum Gasteiger partial charge on any atom is -0.494 e. The zero-order chi connectivity index (χ0) is 20.7. The van der Waals surface area contributed by atoms with E-state index >= 15 is 0 Å². The molecule has 0 bridgehead atoms. The van der Waals surface area contributed by atoms with Crippen molar-refractivity contribution in [3.8, 4) is 5.75 Å². The lowest BCUT2D eigenvalue weighted by molar-refractivity contribution is 0.312. The van der Waals surface area contributed by atoms with Gasteiger partial charge in [-0.3, -0.25) is 9.36 Å². The van der Waals surface area contributed by atoms with Gasteiger partial charge >= 0.3 is 0 Å². The number of piperazine rings is 1. The zero-order valence-corrected chi connectivity index (χ0v) is 17.3. The van der Waals surface area contributed by atoms with Crippen molar-refractivity contribution in [2.75, 3.05) is 50.6 Å². The largest absolute Gasteiger partial charge is 0.494 e. The zero-order valence-electron chi connectivity index (χ0n) is 17.3. The maximum atomic E-state index is 12.3. The van der Waals surface area contributed by atoms with Crippen molar-refractivity contribution in [2.24, 2.45) is 0 Å². The first-order chi connectivity index (χ1) is 14.6. The average Bonchev–Trinajstić information content (AvgIpc) is 3.59. The van der Waals surface area contributed by atoms with E-state index in [1.54, 1.807) is 30.0 Å². The molecule has 1 aliphatic carbocycles. The Labute approximate surface area is 175 Å². The number of benzene rings is 1. The van der Waals surface area contributed by atoms with Crippen LogP contribution in [0.2, 0.25) is 0 Å². The second-order valence-corrected chi connectivity index (χ2v) is 8.05. The van der Waals surface area contributed by atoms with Crippen LogP contribution in [0.15, 0.2) is 41.3 Å². The monoisotopic (exact) mass is 406 g/mol. The van der Waals surface area contributed by atoms with E-state index in [9.17, 15) is 4.79 Å². The van der Waals surface area contributed by atoms with Gasteiger partial charge < -0.3 is 19.9 Å². The van der Waals surface area contributed by atoms with Crippen LogP contribution in [-0.4, -0.2) is 59.8 Å². The number of rotatable bonds is 5. The molecule has 0 atom stereocenters. The lowest BCUT2D eigenvalue weighted by Gasteiger charge is -2.34. The van der Waals surface area contributed by atoms with Crippen LogP contribution in [-0.2, 0) is 0 Å². The predicted molar refractivity (Wildman–Crippen MR) is 118 cm³/mol. The van der Waals surface area contributed by atoms with E-state index in [-0.39, 0.29) is 11.6 Å². The Kier molecular flexibility index (Phi) is 4.78. The van der Waals surface area contributed by atoms with E-state index in [2.05, 4.69) is 44.3 Å². The molecule has 2 fully saturated rings. The SMILES string of the molecule is COc1cc(N2CCN(C)CC2)ccc1Nc1ncc2ccc(=O)n(C3CC3)c2n1. The minimum atomic E-state index is -0.0104. The molecule has 3 aromatic rings. The van der Waals surface area contributed by atoms with Crippen LogP contribution < -0.4 is 20.5 Å². The second kappa shape index (κ2) is 7.60. The van der Waals surface area contributed by atoms with Crippen LogP contribution in [0.3, 0.4) is 0 Å². The lowest BCUT2D eigenvalue weighted by Crippen LogP contribution is -2.44. The molecule has 8 nitrogen and oxygen atoms in total. The fourth-order valence-electron chi connectivity index (χ4n) is 3.95. The summed E-state index contributed by atoms with van der Waals surface area (Å²) in [5.41, 5.74) is 2.61. The first-order valence-electron chi connectivity index (χ1n) is 10.4. The molecule has 1 saturated carbocycles. The summed E-state index contributed by atoms with van der Waals surface area (Å²) in [6.45, 7) is 4.10. The number of hydrogen-bond acceptors (Lipinski definition) is 7. The van der Waals surface area contributed by atoms with Crippen LogP contribution >= 0.6 is 0 Å². The Morgan fingerprint density at radius 1 is 1.10 bits per heavy atom. The summed E-state index contributed by atoms with van der Waals surface area (Å²) >= 11 is 0. The van der Waals surface area contributed by atoms with Crippen LogP contribution in [0.5, 0.6) is 5.75 Å². The van der Waals surface area contributed by atoms with Crippen molar-refractivity contribution in [2.45, 2.75) is 18.9 Å². The van der Waals surface area contributed by atoms with Gasteiger partial charge in [-0.05, 0) is 38.1 Å². The Morgan fingerprint density at radius 3 is 2.63 bits per heavy atom. The van der Waals surface area contributed by atoms with Gasteiger partial charge in [-0.15, -0.1) is 0 Å². The van der Waals surface area contributed by atoms with Crippen LogP contribution in [0, 0.1) is 0 Å². The summed E-state index contributed by atoms with van der Waals surface area (Å²) in [5, 5.41) is 4.13. The maximum Gasteiger partial charge on any atom is 0.252 e. The highest BCUT2D eigenvalue weighted by molar-refractivity contribution is 5.76. The lowest BCUT2D eigenvalue weighted by atomic mass is 10.2. The van der Waals surface area contributed by atoms with Gasteiger partial charge in [0.2, 0.25) is 5.95 Å². The third-order valence-electron chi connectivity index (χ3n) is 5.88. The van der Waals surface area contributed by atoms with Crippen molar-refractivity contribution < 1.29 is 4.74 Å². The number of ether oxygens (including phenoxy) is 1. The summed E-state index contributed by atoms with van der Waals surface area (Å²) in [6, 6.07) is 9.77. The smallest absolute Gasteiger partial charge is 0.252 e. The van der Waals surface area contributed by atoms with E-state index in [1.165, 1.54) is 0 Å². The fourth-order valence-corrected chi connectivity index (χ4v) is 3.95. The number of fused-ring (bicyclic) bond motifs is 1. The maximum absolute atomic E-state index is 12.3. The van der Waals surface area contributed by atoms with Gasteiger partial charge in [0.1, 0.15) is 11.4 Å². The summed E-state index contributed by atoms with van der Waals surface area (Å²) in [5.74, 6) is 1.19. The van der Waals surface area contributed by atoms with Gasteiger partial charge in [0.15, 0.2) is 0 Å². The van der Waals surface area contributed by atoms with Gasteiger partial charge in [0.05, 0.1) is 12.8 Å². The van der Waals surface area contributed by atoms with Crippen molar-refractivity contribution in [3.63, 3.8) is 0 Å². The molecule has 156 valence electrons. The number of likely N-dealkylation sites (N-methyl/N-ethyl adjacent to an activating group) is 1. The summed E-state index contributed by atoms with van der Waals surface area (Å²) < 4.78 is 7.43. The second-order valence-electron chi connectivity index (χ2n) is 8.05. The summed E-state index contributed by atoms with van der Waals surface area (Å²) in [6.07, 6.45) is 3.80. The highest BCUT2D eigenvalue weighted by atomic mass is 16.5. The Morgan fingerprint density at radius 2 is 1.90 bits per heavy atom. The molecule has 0 unspecified atom stereocenters. The van der Waals surface area contributed by atoms with Crippen molar-refractivity contribution in [1.29, 1.82) is 0 Å². The molecule has 1 aromatic carbocycles. The molecule has 5 rings (SSSR count). The molecule has 30 heavy (non-hydrogen) atoms. The normalized spacial score (nSPS) is 17.3. The van der Waals surface area contributed by atoms with E-state index < -0.39 is 0 Å². The number of aromatic nitrogens is 3. The molecule has 1 aliphatic heterocycles. The van der Waals surface area contributed by atoms with Crippen LogP contribution in [0.1, 0.15) is 18.9 Å². The van der Waals surface area contributed by atoms with Gasteiger partial charge in [-0.1, -0.05) is 0 Å². The van der Waals surface area contributed by atoms with Crippen LogP contribution in [0.4, 0.5) is 17.3 Å². The summed E-state index contributed by atoms with van der Waals surface area (Å²) in [4.78, 5) is 26.1. The number of anilines is 3. The molecular weight excluding hydrogens is 380 g/mol. The highest BCUT2D eigenvalue weighted by Gasteiger charge is 2.26. The number of pyridine rings is 1. The van der Waals surface area contributed by atoms with Gasteiger partial charge in [-0.25, -0.2) is 4.98 Å². The first kappa shape index (κ1) is 18.9. The third kappa shape index (κ3) is 3.59. The molecule has 0 amide bonds. The Bertz CT molecular complexity index is 1130. The van der Waals surface area contributed by atoms with E-state index in [1.807, 2.05) is 6.07 Å². The van der Waals surface area contributed by atoms with Crippen molar-refractivity contribution in [3.05, 3.63) is 46.9 Å². The molecule has 2 aliphatic rings. The molecule has 2 aromatic heterocycles. The van der Waals surface area contributed by atoms with Crippen LogP contribution in [0.25, 0.3) is 11.0 Å². The van der Waals surface area contributed by atoms with Gasteiger partial charge in [-0.2, -0.15) is 4.98 Å². The highest BCUT2D eigenvalue weighted by Crippen LogP contribution is 2.36. The van der Waals surface area contributed by atoms with E-state index in [0.717, 1.165) is 61.5 Å². The first-order valence-corrected chi connectivity index (χ1v) is 10.4. The fraction of sp³-hybridized carbons (Fsp3) is 0.409. The van der Waals surface area contributed by atoms with Gasteiger partial charge in [0, 0.05) is 61.6 Å². The number of nitrogens with one attached hydrogen (secondary N) is 1. The number of methoxy groups -OCH3 is 1. The predicted octanol–water partition coefficient (Wildman–Crippen LogP) is 2.63. The van der Waals surface area contributed by atoms with E-state index in [4.69, 9.17) is 4.74 Å². The minimum absolute atomic E-state index is 0.0104. The molecular formula is C22H26N6O2. The van der Waals surface area contributed by atoms with E-state index in [0.29, 0.717) is 11.6 Å². The molecule has 0 spiro atoms. The van der Waals surface area contributed by atoms with Gasteiger partial charge in [0.25, 0.3) is 5.56 Å². The standard InChI is InChI=1S/C22H26N6O2/c1-26-9-11-27(12-10-26)17-6-7-18(19(13-17)30-2)24-22-23-14-15-3-8-20(29)28(16-4-5-16)21(15)25-22/h3,6-8,13-14,16H,4-5,9-12H2,1-2H3,(H,23,24,25). The summed E-state index contributed by atoms with van der Waals surface area (Å²) in [7, 11) is 3.82. The topological polar surface area (TPSA) is 75.5 Å². The van der Waals surface area contributed by atoms with Crippen molar-refractivity contribution in [1.82, 2.24) is 19.4 Å². The number of hydrogen-bond donors (Lipinski definition) is 1.